The molecule has 0 spiro atoms. The summed E-state index contributed by atoms with van der Waals surface area (Å²) < 4.78 is 7.50. The van der Waals surface area contributed by atoms with E-state index in [1.807, 2.05) is 66.9 Å². The molecule has 0 radical (unpaired) electrons. The van der Waals surface area contributed by atoms with Gasteiger partial charge in [0.15, 0.2) is 11.0 Å². The largest absolute Gasteiger partial charge is 0.422 e. The predicted octanol–water partition coefficient (Wildman–Crippen LogP) is 6.00. The van der Waals surface area contributed by atoms with Crippen LogP contribution in [0.1, 0.15) is 16.7 Å². The van der Waals surface area contributed by atoms with Crippen LogP contribution in [0.25, 0.3) is 28.0 Å². The molecule has 0 atom stereocenters. The van der Waals surface area contributed by atoms with E-state index < -0.39 is 0 Å². The first-order valence-corrected chi connectivity index (χ1v) is 11.6. The number of nitrogens with zero attached hydrogens (tertiary/aromatic N) is 4. The van der Waals surface area contributed by atoms with Crippen molar-refractivity contribution in [3.63, 3.8) is 0 Å². The number of aromatic nitrogens is 4. The lowest BCUT2D eigenvalue weighted by molar-refractivity contribution is 0.557. The standard InChI is InChI=1S/C25H19ClN4O2S/c1-15-3-8-21-18(13-22(31)32-23(21)16(15)2)14-33-25-29-28-24(17-9-11-27-12-10-17)30(25)20-6-4-19(26)5-7-20/h3-13H,14H2,1-2H3. The molecule has 0 saturated carbocycles. The minimum atomic E-state index is -0.358. The van der Waals surface area contributed by atoms with Crippen LogP contribution in [0.3, 0.4) is 0 Å². The van der Waals surface area contributed by atoms with E-state index in [1.54, 1.807) is 18.5 Å². The minimum absolute atomic E-state index is 0.358. The van der Waals surface area contributed by atoms with Crippen LogP contribution in [0.4, 0.5) is 0 Å². The summed E-state index contributed by atoms with van der Waals surface area (Å²) in [6.45, 7) is 3.97. The van der Waals surface area contributed by atoms with Crippen LogP contribution in [-0.4, -0.2) is 19.7 Å². The van der Waals surface area contributed by atoms with Crippen molar-refractivity contribution in [2.24, 2.45) is 0 Å². The van der Waals surface area contributed by atoms with Crippen LogP contribution in [0, 0.1) is 13.8 Å². The molecule has 0 N–H and O–H groups in total. The fourth-order valence-electron chi connectivity index (χ4n) is 3.66. The number of hydrogen-bond donors (Lipinski definition) is 0. The van der Waals surface area contributed by atoms with E-state index in [0.29, 0.717) is 27.3 Å². The number of thioether (sulfide) groups is 1. The number of hydrogen-bond acceptors (Lipinski definition) is 6. The molecule has 164 valence electrons. The number of rotatable bonds is 5. The molecule has 0 aliphatic carbocycles. The maximum Gasteiger partial charge on any atom is 0.336 e. The van der Waals surface area contributed by atoms with Gasteiger partial charge in [0.1, 0.15) is 5.58 Å². The van der Waals surface area contributed by atoms with Crippen molar-refractivity contribution in [2.75, 3.05) is 0 Å². The zero-order valence-electron chi connectivity index (χ0n) is 17.9. The van der Waals surface area contributed by atoms with Crippen LogP contribution in [-0.2, 0) is 5.75 Å². The Kier molecular flexibility index (Phi) is 5.74. The molecule has 0 fully saturated rings. The monoisotopic (exact) mass is 474 g/mol. The number of benzene rings is 2. The zero-order chi connectivity index (χ0) is 22.9. The summed E-state index contributed by atoms with van der Waals surface area (Å²) in [5.41, 5.74) is 5.02. The summed E-state index contributed by atoms with van der Waals surface area (Å²) in [6.07, 6.45) is 3.45. The van der Waals surface area contributed by atoms with Gasteiger partial charge in [-0.15, -0.1) is 10.2 Å². The highest BCUT2D eigenvalue weighted by molar-refractivity contribution is 7.98. The summed E-state index contributed by atoms with van der Waals surface area (Å²) in [5.74, 6) is 1.23. The van der Waals surface area contributed by atoms with Crippen LogP contribution < -0.4 is 5.63 Å². The van der Waals surface area contributed by atoms with E-state index in [-0.39, 0.29) is 5.63 Å². The molecule has 6 nitrogen and oxygen atoms in total. The third-order valence-electron chi connectivity index (χ3n) is 5.53. The van der Waals surface area contributed by atoms with Gasteiger partial charge in [-0.3, -0.25) is 9.55 Å². The second kappa shape index (κ2) is 8.84. The Morgan fingerprint density at radius 2 is 1.76 bits per heavy atom. The van der Waals surface area contributed by atoms with Crippen molar-refractivity contribution in [1.82, 2.24) is 19.7 Å². The molecule has 0 aliphatic heterocycles. The van der Waals surface area contributed by atoms with Crippen molar-refractivity contribution >= 4 is 34.3 Å². The van der Waals surface area contributed by atoms with E-state index >= 15 is 0 Å². The van der Waals surface area contributed by atoms with Crippen molar-refractivity contribution < 1.29 is 4.42 Å². The fraction of sp³-hybridized carbons (Fsp3) is 0.120. The lowest BCUT2D eigenvalue weighted by Gasteiger charge is -2.11. The van der Waals surface area contributed by atoms with Gasteiger partial charge < -0.3 is 4.42 Å². The van der Waals surface area contributed by atoms with Gasteiger partial charge in [0, 0.05) is 45.9 Å². The van der Waals surface area contributed by atoms with Gasteiger partial charge in [-0.2, -0.15) is 0 Å². The highest BCUT2D eigenvalue weighted by atomic mass is 35.5. The first kappa shape index (κ1) is 21.4. The average Bonchev–Trinajstić information content (AvgIpc) is 3.25. The topological polar surface area (TPSA) is 73.8 Å². The van der Waals surface area contributed by atoms with Gasteiger partial charge in [-0.05, 0) is 66.9 Å². The minimum Gasteiger partial charge on any atom is -0.422 e. The van der Waals surface area contributed by atoms with Crippen LogP contribution in [0.2, 0.25) is 5.02 Å². The normalized spacial score (nSPS) is 11.2. The molecule has 5 rings (SSSR count). The molecular weight excluding hydrogens is 456 g/mol. The Morgan fingerprint density at radius 1 is 1.00 bits per heavy atom. The van der Waals surface area contributed by atoms with Crippen molar-refractivity contribution in [3.8, 4) is 17.1 Å². The highest BCUT2D eigenvalue weighted by Gasteiger charge is 2.17. The van der Waals surface area contributed by atoms with E-state index in [9.17, 15) is 4.79 Å². The van der Waals surface area contributed by atoms with Gasteiger partial charge in [0.2, 0.25) is 0 Å². The van der Waals surface area contributed by atoms with Crippen LogP contribution >= 0.6 is 23.4 Å². The molecule has 33 heavy (non-hydrogen) atoms. The average molecular weight is 475 g/mol. The number of pyridine rings is 1. The molecule has 3 aromatic heterocycles. The Labute approximate surface area is 199 Å². The summed E-state index contributed by atoms with van der Waals surface area (Å²) in [5, 5.41) is 11.2. The highest BCUT2D eigenvalue weighted by Crippen LogP contribution is 2.32. The number of aryl methyl sites for hydroxylation is 2. The van der Waals surface area contributed by atoms with Crippen molar-refractivity contribution in [1.29, 1.82) is 0 Å². The summed E-state index contributed by atoms with van der Waals surface area (Å²) in [6, 6.07) is 16.9. The first-order valence-electron chi connectivity index (χ1n) is 10.3. The maximum atomic E-state index is 12.3. The number of fused-ring (bicyclic) bond motifs is 1. The molecule has 0 amide bonds. The first-order chi connectivity index (χ1) is 16.0. The SMILES string of the molecule is Cc1ccc2c(CSc3nnc(-c4ccncc4)n3-c3ccc(Cl)cc3)cc(=O)oc2c1C. The predicted molar refractivity (Wildman–Crippen MR) is 131 cm³/mol. The Morgan fingerprint density at radius 3 is 2.52 bits per heavy atom. The molecule has 3 heterocycles. The molecule has 2 aromatic carbocycles. The van der Waals surface area contributed by atoms with Gasteiger partial charge in [0.05, 0.1) is 0 Å². The third kappa shape index (κ3) is 4.17. The second-order valence-corrected chi connectivity index (χ2v) is 9.00. The van der Waals surface area contributed by atoms with E-state index in [4.69, 9.17) is 16.0 Å². The Bertz CT molecular complexity index is 1510. The van der Waals surface area contributed by atoms with E-state index in [0.717, 1.165) is 33.3 Å². The smallest absolute Gasteiger partial charge is 0.336 e. The van der Waals surface area contributed by atoms with Gasteiger partial charge in [0.25, 0.3) is 0 Å². The quantitative estimate of drug-likeness (QED) is 0.230. The molecule has 0 aliphatic rings. The molecular formula is C25H19ClN4O2S. The molecule has 0 bridgehead atoms. The summed E-state index contributed by atoms with van der Waals surface area (Å²) in [7, 11) is 0. The molecule has 0 unspecified atom stereocenters. The third-order valence-corrected chi connectivity index (χ3v) is 6.76. The lowest BCUT2D eigenvalue weighted by atomic mass is 10.0. The summed E-state index contributed by atoms with van der Waals surface area (Å²) in [4.78, 5) is 16.4. The molecule has 8 heteroatoms. The molecule has 5 aromatic rings. The van der Waals surface area contributed by atoms with E-state index in [1.165, 1.54) is 11.8 Å². The van der Waals surface area contributed by atoms with Crippen molar-refractivity contribution in [2.45, 2.75) is 24.8 Å². The summed E-state index contributed by atoms with van der Waals surface area (Å²) >= 11 is 7.62. The van der Waals surface area contributed by atoms with Gasteiger partial charge >= 0.3 is 5.63 Å². The number of halogens is 1. The van der Waals surface area contributed by atoms with E-state index in [2.05, 4.69) is 15.2 Å². The lowest BCUT2D eigenvalue weighted by Crippen LogP contribution is -2.03. The van der Waals surface area contributed by atoms with Gasteiger partial charge in [-0.1, -0.05) is 35.5 Å². The van der Waals surface area contributed by atoms with Gasteiger partial charge in [-0.25, -0.2) is 4.79 Å². The van der Waals surface area contributed by atoms with Crippen LogP contribution in [0.5, 0.6) is 0 Å². The second-order valence-electron chi connectivity index (χ2n) is 7.62. The Balaban J connectivity index is 1.57. The maximum absolute atomic E-state index is 12.3. The Hall–Kier alpha value is -3.42. The van der Waals surface area contributed by atoms with Crippen molar-refractivity contribution in [3.05, 3.63) is 99.1 Å². The fourth-order valence-corrected chi connectivity index (χ4v) is 4.73. The van der Waals surface area contributed by atoms with Crippen LogP contribution in [0.15, 0.2) is 81.4 Å². The molecule has 0 saturated heterocycles. The zero-order valence-corrected chi connectivity index (χ0v) is 19.5.